The lowest BCUT2D eigenvalue weighted by Crippen LogP contribution is -2.20. The third kappa shape index (κ3) is 3.07. The van der Waals surface area contributed by atoms with Crippen molar-refractivity contribution in [1.29, 1.82) is 0 Å². The molecule has 0 fully saturated rings. The van der Waals surface area contributed by atoms with Crippen molar-refractivity contribution < 1.29 is 13.2 Å². The summed E-state index contributed by atoms with van der Waals surface area (Å²) >= 11 is 0. The Balaban J connectivity index is 2.36. The fraction of sp³-hybridized carbons (Fsp3) is 0.429. The van der Waals surface area contributed by atoms with Crippen molar-refractivity contribution in [3.8, 4) is 5.69 Å². The summed E-state index contributed by atoms with van der Waals surface area (Å²) in [6.45, 7) is 6.56. The Morgan fingerprint density at radius 3 is 2.43 bits per heavy atom. The molecule has 0 saturated heterocycles. The van der Waals surface area contributed by atoms with Crippen LogP contribution in [0.15, 0.2) is 12.1 Å². The van der Waals surface area contributed by atoms with Crippen molar-refractivity contribution in [3.05, 3.63) is 41.0 Å². The number of aromatic nitrogens is 3. The molecule has 21 heavy (non-hydrogen) atoms. The van der Waals surface area contributed by atoms with Gasteiger partial charge in [-0.1, -0.05) is 12.1 Å². The maximum atomic E-state index is 13.3. The van der Waals surface area contributed by atoms with Crippen molar-refractivity contribution in [2.45, 2.75) is 33.2 Å². The van der Waals surface area contributed by atoms with Crippen LogP contribution < -0.4 is 5.32 Å². The molecule has 4 nitrogen and oxygen atoms in total. The van der Waals surface area contributed by atoms with E-state index in [9.17, 15) is 13.2 Å². The predicted octanol–water partition coefficient (Wildman–Crippen LogP) is 3.05. The lowest BCUT2D eigenvalue weighted by atomic mass is 10.2. The average Bonchev–Trinajstić information content (AvgIpc) is 2.83. The highest BCUT2D eigenvalue weighted by Gasteiger charge is 2.18. The second-order valence-electron chi connectivity index (χ2n) is 4.87. The van der Waals surface area contributed by atoms with E-state index in [0.29, 0.717) is 11.4 Å². The van der Waals surface area contributed by atoms with Crippen molar-refractivity contribution in [2.75, 3.05) is 6.54 Å². The van der Waals surface area contributed by atoms with Gasteiger partial charge in [0.1, 0.15) is 5.69 Å². The van der Waals surface area contributed by atoms with Gasteiger partial charge in [0.05, 0.1) is 17.4 Å². The van der Waals surface area contributed by atoms with Crippen LogP contribution in [0.25, 0.3) is 5.69 Å². The Hall–Kier alpha value is -1.89. The zero-order valence-corrected chi connectivity index (χ0v) is 12.1. The van der Waals surface area contributed by atoms with Crippen molar-refractivity contribution in [3.63, 3.8) is 0 Å². The summed E-state index contributed by atoms with van der Waals surface area (Å²) in [5, 5.41) is 11.2. The zero-order valence-electron chi connectivity index (χ0n) is 12.1. The fourth-order valence-corrected chi connectivity index (χ4v) is 2.11. The van der Waals surface area contributed by atoms with Crippen LogP contribution in [0.1, 0.15) is 37.7 Å². The minimum Gasteiger partial charge on any atom is -0.309 e. The molecule has 0 radical (unpaired) electrons. The van der Waals surface area contributed by atoms with E-state index in [1.807, 2.05) is 13.8 Å². The van der Waals surface area contributed by atoms with E-state index in [0.717, 1.165) is 25.1 Å². The first-order valence-corrected chi connectivity index (χ1v) is 6.76. The molecule has 7 heteroatoms. The summed E-state index contributed by atoms with van der Waals surface area (Å²) < 4.78 is 40.9. The van der Waals surface area contributed by atoms with Crippen LogP contribution >= 0.6 is 0 Å². The summed E-state index contributed by atoms with van der Waals surface area (Å²) in [4.78, 5) is 0. The Kier molecular flexibility index (Phi) is 4.62. The monoisotopic (exact) mass is 298 g/mol. The van der Waals surface area contributed by atoms with E-state index in [-0.39, 0.29) is 11.7 Å². The first-order chi connectivity index (χ1) is 9.95. The molecule has 0 aliphatic heterocycles. The summed E-state index contributed by atoms with van der Waals surface area (Å²) in [5.41, 5.74) is 1.44. The molecular weight excluding hydrogens is 281 g/mol. The maximum absolute atomic E-state index is 13.3. The molecule has 1 aromatic carbocycles. The zero-order chi connectivity index (χ0) is 15.6. The molecule has 2 aromatic rings. The van der Waals surface area contributed by atoms with Crippen molar-refractivity contribution in [1.82, 2.24) is 20.3 Å². The van der Waals surface area contributed by atoms with Gasteiger partial charge in [-0.15, -0.1) is 5.10 Å². The van der Waals surface area contributed by atoms with E-state index >= 15 is 0 Å². The molecule has 0 aliphatic carbocycles. The SMILES string of the molecule is CCCNC(C)c1nnn(-c2cc(F)c(F)c(F)c2)c1C. The van der Waals surface area contributed by atoms with E-state index < -0.39 is 17.5 Å². The number of halogens is 3. The van der Waals surface area contributed by atoms with E-state index in [4.69, 9.17) is 0 Å². The molecular formula is C14H17F3N4. The molecule has 0 spiro atoms. The van der Waals surface area contributed by atoms with Crippen LogP contribution in [-0.2, 0) is 0 Å². The number of hydrogen-bond acceptors (Lipinski definition) is 3. The molecule has 1 heterocycles. The van der Waals surface area contributed by atoms with Gasteiger partial charge in [-0.3, -0.25) is 0 Å². The number of hydrogen-bond donors (Lipinski definition) is 1. The summed E-state index contributed by atoms with van der Waals surface area (Å²) in [6, 6.07) is 1.76. The molecule has 1 N–H and O–H groups in total. The van der Waals surface area contributed by atoms with Gasteiger partial charge in [0.15, 0.2) is 17.5 Å². The van der Waals surface area contributed by atoms with Crippen molar-refractivity contribution in [2.24, 2.45) is 0 Å². The molecule has 1 aromatic heterocycles. The number of benzene rings is 1. The summed E-state index contributed by atoms with van der Waals surface area (Å²) in [5.74, 6) is -3.99. The van der Waals surface area contributed by atoms with E-state index in [2.05, 4.69) is 15.6 Å². The highest BCUT2D eigenvalue weighted by Crippen LogP contribution is 2.20. The molecule has 1 atom stereocenters. The third-order valence-corrected chi connectivity index (χ3v) is 3.25. The second-order valence-corrected chi connectivity index (χ2v) is 4.87. The van der Waals surface area contributed by atoms with Gasteiger partial charge in [-0.05, 0) is 26.8 Å². The Morgan fingerprint density at radius 2 is 1.86 bits per heavy atom. The molecule has 2 rings (SSSR count). The first-order valence-electron chi connectivity index (χ1n) is 6.76. The highest BCUT2D eigenvalue weighted by atomic mass is 19.2. The maximum Gasteiger partial charge on any atom is 0.194 e. The van der Waals surface area contributed by atoms with Crippen molar-refractivity contribution >= 4 is 0 Å². The third-order valence-electron chi connectivity index (χ3n) is 3.25. The van der Waals surface area contributed by atoms with Gasteiger partial charge < -0.3 is 5.32 Å². The smallest absolute Gasteiger partial charge is 0.194 e. The molecule has 0 aliphatic rings. The summed E-state index contributed by atoms with van der Waals surface area (Å²) in [7, 11) is 0. The van der Waals surface area contributed by atoms with Gasteiger partial charge in [0, 0.05) is 12.1 Å². The normalized spacial score (nSPS) is 12.7. The first kappa shape index (κ1) is 15.5. The molecule has 1 unspecified atom stereocenters. The van der Waals surface area contributed by atoms with Crippen LogP contribution in [0.4, 0.5) is 13.2 Å². The largest absolute Gasteiger partial charge is 0.309 e. The molecule has 114 valence electrons. The van der Waals surface area contributed by atoms with Crippen LogP contribution in [0.3, 0.4) is 0 Å². The minimum absolute atomic E-state index is 0.0335. The van der Waals surface area contributed by atoms with Gasteiger partial charge in [0.2, 0.25) is 0 Å². The topological polar surface area (TPSA) is 42.7 Å². The Bertz CT molecular complexity index is 616. The Morgan fingerprint density at radius 1 is 1.24 bits per heavy atom. The number of nitrogens with one attached hydrogen (secondary N) is 1. The van der Waals surface area contributed by atoms with Gasteiger partial charge in [0.25, 0.3) is 0 Å². The van der Waals surface area contributed by atoms with Gasteiger partial charge >= 0.3 is 0 Å². The lowest BCUT2D eigenvalue weighted by Gasteiger charge is -2.11. The molecule has 0 saturated carbocycles. The van der Waals surface area contributed by atoms with E-state index in [1.54, 1.807) is 6.92 Å². The second kappa shape index (κ2) is 6.26. The number of rotatable bonds is 5. The number of nitrogens with zero attached hydrogens (tertiary/aromatic N) is 3. The van der Waals surface area contributed by atoms with Crippen LogP contribution in [0.5, 0.6) is 0 Å². The van der Waals surface area contributed by atoms with Gasteiger partial charge in [-0.25, -0.2) is 17.9 Å². The highest BCUT2D eigenvalue weighted by molar-refractivity contribution is 5.35. The van der Waals surface area contributed by atoms with Gasteiger partial charge in [-0.2, -0.15) is 0 Å². The van der Waals surface area contributed by atoms with Crippen LogP contribution in [0, 0.1) is 24.4 Å². The predicted molar refractivity (Wildman–Crippen MR) is 72.7 cm³/mol. The average molecular weight is 298 g/mol. The standard InChI is InChI=1S/C14H17F3N4/c1-4-5-18-8(2)14-9(3)21(20-19-14)10-6-11(15)13(17)12(16)7-10/h6-8,18H,4-5H2,1-3H3. The van der Waals surface area contributed by atoms with Crippen LogP contribution in [-0.4, -0.2) is 21.5 Å². The minimum atomic E-state index is -1.49. The Labute approximate surface area is 121 Å². The summed E-state index contributed by atoms with van der Waals surface area (Å²) in [6.07, 6.45) is 0.978. The van der Waals surface area contributed by atoms with Crippen LogP contribution in [0.2, 0.25) is 0 Å². The van der Waals surface area contributed by atoms with E-state index in [1.165, 1.54) is 4.68 Å². The molecule has 0 amide bonds. The lowest BCUT2D eigenvalue weighted by molar-refractivity contribution is 0.445. The fourth-order valence-electron chi connectivity index (χ4n) is 2.11. The molecule has 0 bridgehead atoms. The quantitative estimate of drug-likeness (QED) is 0.863.